The van der Waals surface area contributed by atoms with Gasteiger partial charge in [-0.3, -0.25) is 4.79 Å². The predicted molar refractivity (Wildman–Crippen MR) is 78.8 cm³/mol. The van der Waals surface area contributed by atoms with Gasteiger partial charge in [0.2, 0.25) is 5.91 Å². The van der Waals surface area contributed by atoms with E-state index in [2.05, 4.69) is 10.6 Å². The van der Waals surface area contributed by atoms with Gasteiger partial charge in [0.25, 0.3) is 0 Å². The van der Waals surface area contributed by atoms with Crippen LogP contribution in [-0.2, 0) is 9.53 Å². The largest absolute Gasteiger partial charge is 0.462 e. The van der Waals surface area contributed by atoms with Crippen molar-refractivity contribution in [2.45, 2.75) is 33.2 Å². The lowest BCUT2D eigenvalue weighted by molar-refractivity contribution is -0.116. The highest BCUT2D eigenvalue weighted by Crippen LogP contribution is 2.12. The van der Waals surface area contributed by atoms with E-state index in [1.165, 1.54) is 0 Å². The van der Waals surface area contributed by atoms with Gasteiger partial charge in [0.1, 0.15) is 0 Å². The molecule has 1 aromatic rings. The summed E-state index contributed by atoms with van der Waals surface area (Å²) < 4.78 is 4.92. The molecule has 0 bridgehead atoms. The Bertz CT molecular complexity index is 458. The highest BCUT2D eigenvalue weighted by atomic mass is 16.5. The van der Waals surface area contributed by atoms with E-state index < -0.39 is 0 Å². The highest BCUT2D eigenvalue weighted by molar-refractivity contribution is 5.94. The Morgan fingerprint density at radius 2 is 2.05 bits per heavy atom. The molecule has 0 heterocycles. The number of hydrogen-bond donors (Lipinski definition) is 2. The smallest absolute Gasteiger partial charge is 0.338 e. The average molecular weight is 278 g/mol. The number of carbonyl (C=O) groups excluding carboxylic acids is 2. The minimum Gasteiger partial charge on any atom is -0.462 e. The number of esters is 1. The normalized spacial score (nSPS) is 10.4. The van der Waals surface area contributed by atoms with Crippen LogP contribution in [0.25, 0.3) is 0 Å². The Balaban J connectivity index is 2.53. The summed E-state index contributed by atoms with van der Waals surface area (Å²) in [5.41, 5.74) is 1.04. The molecule has 0 atom stereocenters. The molecule has 0 aromatic heterocycles. The first-order chi connectivity index (χ1) is 9.52. The van der Waals surface area contributed by atoms with E-state index in [1.54, 1.807) is 31.2 Å². The molecule has 1 amide bonds. The molecule has 1 aromatic carbocycles. The van der Waals surface area contributed by atoms with Crippen LogP contribution in [0.1, 0.15) is 37.6 Å². The van der Waals surface area contributed by atoms with E-state index in [-0.39, 0.29) is 11.9 Å². The molecular weight excluding hydrogens is 256 g/mol. The Labute approximate surface area is 119 Å². The molecular formula is C15H22N2O3. The molecule has 0 radical (unpaired) electrons. The number of nitrogens with one attached hydrogen (secondary N) is 2. The second-order valence-corrected chi connectivity index (χ2v) is 4.71. The molecule has 0 spiro atoms. The van der Waals surface area contributed by atoms with Crippen LogP contribution in [0.4, 0.5) is 5.69 Å². The fourth-order valence-electron chi connectivity index (χ4n) is 1.64. The first kappa shape index (κ1) is 16.2. The van der Waals surface area contributed by atoms with Gasteiger partial charge in [0, 0.05) is 24.7 Å². The number of hydrogen-bond acceptors (Lipinski definition) is 4. The molecule has 0 saturated heterocycles. The standard InChI is InChI=1S/C15H22N2O3/c1-4-20-15(19)12-6-5-7-13(10-12)17-14(18)8-9-16-11(2)3/h5-7,10-11,16H,4,8-9H2,1-3H3,(H,17,18). The van der Waals surface area contributed by atoms with Gasteiger partial charge in [-0.15, -0.1) is 0 Å². The Hall–Kier alpha value is -1.88. The van der Waals surface area contributed by atoms with Crippen LogP contribution in [0.3, 0.4) is 0 Å². The van der Waals surface area contributed by atoms with Crippen molar-refractivity contribution in [1.82, 2.24) is 5.32 Å². The summed E-state index contributed by atoms with van der Waals surface area (Å²) >= 11 is 0. The second-order valence-electron chi connectivity index (χ2n) is 4.71. The van der Waals surface area contributed by atoms with Gasteiger partial charge < -0.3 is 15.4 Å². The van der Waals surface area contributed by atoms with Gasteiger partial charge in [-0.05, 0) is 25.1 Å². The molecule has 0 unspecified atom stereocenters. The number of ether oxygens (including phenoxy) is 1. The van der Waals surface area contributed by atoms with E-state index in [0.29, 0.717) is 36.9 Å². The van der Waals surface area contributed by atoms with Crippen molar-refractivity contribution in [2.75, 3.05) is 18.5 Å². The van der Waals surface area contributed by atoms with Gasteiger partial charge in [0.05, 0.1) is 12.2 Å². The van der Waals surface area contributed by atoms with Crippen LogP contribution in [0.15, 0.2) is 24.3 Å². The number of benzene rings is 1. The van der Waals surface area contributed by atoms with Crippen molar-refractivity contribution in [3.63, 3.8) is 0 Å². The molecule has 0 saturated carbocycles. The molecule has 20 heavy (non-hydrogen) atoms. The third-order valence-corrected chi connectivity index (χ3v) is 2.56. The lowest BCUT2D eigenvalue weighted by Gasteiger charge is -2.09. The monoisotopic (exact) mass is 278 g/mol. The molecule has 0 aliphatic heterocycles. The van der Waals surface area contributed by atoms with Crippen LogP contribution in [0, 0.1) is 0 Å². The fourth-order valence-corrected chi connectivity index (χ4v) is 1.64. The van der Waals surface area contributed by atoms with Crippen LogP contribution >= 0.6 is 0 Å². The maximum Gasteiger partial charge on any atom is 0.338 e. The molecule has 0 aliphatic rings. The minimum absolute atomic E-state index is 0.0841. The summed E-state index contributed by atoms with van der Waals surface area (Å²) in [4.78, 5) is 23.3. The van der Waals surface area contributed by atoms with E-state index in [9.17, 15) is 9.59 Å². The zero-order valence-electron chi connectivity index (χ0n) is 12.2. The van der Waals surface area contributed by atoms with Gasteiger partial charge in [-0.2, -0.15) is 0 Å². The maximum absolute atomic E-state index is 11.7. The molecule has 2 N–H and O–H groups in total. The van der Waals surface area contributed by atoms with E-state index in [0.717, 1.165) is 0 Å². The summed E-state index contributed by atoms with van der Waals surface area (Å²) in [5.74, 6) is -0.468. The first-order valence-corrected chi connectivity index (χ1v) is 6.83. The van der Waals surface area contributed by atoms with Crippen molar-refractivity contribution < 1.29 is 14.3 Å². The third kappa shape index (κ3) is 5.84. The highest BCUT2D eigenvalue weighted by Gasteiger charge is 2.08. The minimum atomic E-state index is -0.384. The topological polar surface area (TPSA) is 67.4 Å². The van der Waals surface area contributed by atoms with E-state index in [4.69, 9.17) is 4.74 Å². The summed E-state index contributed by atoms with van der Waals surface area (Å²) in [6, 6.07) is 7.10. The molecule has 1 rings (SSSR count). The number of rotatable bonds is 7. The average Bonchev–Trinajstić information content (AvgIpc) is 2.38. The quantitative estimate of drug-likeness (QED) is 0.750. The number of anilines is 1. The zero-order valence-corrected chi connectivity index (χ0v) is 12.2. The van der Waals surface area contributed by atoms with Crippen molar-refractivity contribution >= 4 is 17.6 Å². The molecule has 110 valence electrons. The lowest BCUT2D eigenvalue weighted by atomic mass is 10.2. The Morgan fingerprint density at radius 3 is 2.70 bits per heavy atom. The number of amides is 1. The summed E-state index contributed by atoms with van der Waals surface area (Å²) in [7, 11) is 0. The molecule has 5 nitrogen and oxygen atoms in total. The summed E-state index contributed by atoms with van der Waals surface area (Å²) in [6.45, 7) is 6.77. The van der Waals surface area contributed by atoms with Crippen molar-refractivity contribution in [1.29, 1.82) is 0 Å². The van der Waals surface area contributed by atoms with E-state index in [1.807, 2.05) is 13.8 Å². The SMILES string of the molecule is CCOC(=O)c1cccc(NC(=O)CCNC(C)C)c1. The summed E-state index contributed by atoms with van der Waals surface area (Å²) in [6.07, 6.45) is 0.391. The van der Waals surface area contributed by atoms with Gasteiger partial charge in [-0.25, -0.2) is 4.79 Å². The van der Waals surface area contributed by atoms with Gasteiger partial charge in [0.15, 0.2) is 0 Å². The second kappa shape index (κ2) is 8.32. The van der Waals surface area contributed by atoms with Crippen molar-refractivity contribution in [3.8, 4) is 0 Å². The van der Waals surface area contributed by atoms with Crippen LogP contribution in [0.5, 0.6) is 0 Å². The fraction of sp³-hybridized carbons (Fsp3) is 0.467. The van der Waals surface area contributed by atoms with Crippen LogP contribution < -0.4 is 10.6 Å². The van der Waals surface area contributed by atoms with Crippen LogP contribution in [0.2, 0.25) is 0 Å². The maximum atomic E-state index is 11.7. The molecule has 5 heteroatoms. The zero-order chi connectivity index (χ0) is 15.0. The van der Waals surface area contributed by atoms with Gasteiger partial charge >= 0.3 is 5.97 Å². The molecule has 0 aliphatic carbocycles. The third-order valence-electron chi connectivity index (χ3n) is 2.56. The van der Waals surface area contributed by atoms with Crippen molar-refractivity contribution in [2.24, 2.45) is 0 Å². The predicted octanol–water partition coefficient (Wildman–Crippen LogP) is 2.19. The molecule has 0 fully saturated rings. The lowest BCUT2D eigenvalue weighted by Crippen LogP contribution is -2.27. The summed E-state index contributed by atoms with van der Waals surface area (Å²) in [5, 5.41) is 5.94. The Kier molecular flexibility index (Phi) is 6.73. The van der Waals surface area contributed by atoms with Gasteiger partial charge in [-0.1, -0.05) is 19.9 Å². The van der Waals surface area contributed by atoms with Crippen molar-refractivity contribution in [3.05, 3.63) is 29.8 Å². The first-order valence-electron chi connectivity index (χ1n) is 6.83. The number of carbonyl (C=O) groups is 2. The van der Waals surface area contributed by atoms with Crippen LogP contribution in [-0.4, -0.2) is 31.1 Å². The van der Waals surface area contributed by atoms with E-state index >= 15 is 0 Å². The Morgan fingerprint density at radius 1 is 1.30 bits per heavy atom.